The Morgan fingerprint density at radius 2 is 2.07 bits per heavy atom. The SMILES string of the molecule is CC(C)(C)OC(=O)NC(c1cc2ncccc2cc1[N+](=O)[O-])C1CCNCC1. The first-order valence-corrected chi connectivity index (χ1v) is 9.48. The van der Waals surface area contributed by atoms with Crippen molar-refractivity contribution in [3.8, 4) is 0 Å². The molecular formula is C20H26N4O4. The van der Waals surface area contributed by atoms with Gasteiger partial charge < -0.3 is 15.4 Å². The zero-order chi connectivity index (χ0) is 20.3. The molecular weight excluding hydrogens is 360 g/mol. The van der Waals surface area contributed by atoms with Crippen LogP contribution in [-0.4, -0.2) is 34.7 Å². The highest BCUT2D eigenvalue weighted by atomic mass is 16.6. The van der Waals surface area contributed by atoms with E-state index >= 15 is 0 Å². The van der Waals surface area contributed by atoms with E-state index in [2.05, 4.69) is 15.6 Å². The lowest BCUT2D eigenvalue weighted by Gasteiger charge is -2.32. The van der Waals surface area contributed by atoms with E-state index in [4.69, 9.17) is 4.74 Å². The monoisotopic (exact) mass is 386 g/mol. The number of nitro groups is 1. The van der Waals surface area contributed by atoms with Gasteiger partial charge in [0.15, 0.2) is 0 Å². The number of hydrogen-bond donors (Lipinski definition) is 2. The van der Waals surface area contributed by atoms with E-state index in [9.17, 15) is 14.9 Å². The van der Waals surface area contributed by atoms with Crippen molar-refractivity contribution in [3.63, 3.8) is 0 Å². The van der Waals surface area contributed by atoms with Gasteiger partial charge >= 0.3 is 6.09 Å². The van der Waals surface area contributed by atoms with Gasteiger partial charge in [0.25, 0.3) is 5.69 Å². The van der Waals surface area contributed by atoms with E-state index in [1.165, 1.54) is 6.07 Å². The number of alkyl carbamates (subject to hydrolysis) is 1. The second-order valence-corrected chi connectivity index (χ2v) is 8.08. The third-order valence-electron chi connectivity index (χ3n) is 4.81. The van der Waals surface area contributed by atoms with Gasteiger partial charge in [0.2, 0.25) is 0 Å². The molecule has 0 aliphatic carbocycles. The van der Waals surface area contributed by atoms with Crippen LogP contribution in [-0.2, 0) is 4.74 Å². The molecule has 0 radical (unpaired) electrons. The lowest BCUT2D eigenvalue weighted by atomic mass is 9.85. The maximum Gasteiger partial charge on any atom is 0.408 e. The minimum atomic E-state index is -0.653. The Kier molecular flexibility index (Phi) is 5.79. The minimum Gasteiger partial charge on any atom is -0.444 e. The fourth-order valence-electron chi connectivity index (χ4n) is 3.59. The van der Waals surface area contributed by atoms with Crippen LogP contribution in [0.5, 0.6) is 0 Å². The maximum atomic E-state index is 12.5. The first kappa shape index (κ1) is 20.0. The molecule has 0 spiro atoms. The lowest BCUT2D eigenvalue weighted by molar-refractivity contribution is -0.385. The van der Waals surface area contributed by atoms with Crippen molar-refractivity contribution in [2.75, 3.05) is 13.1 Å². The topological polar surface area (TPSA) is 106 Å². The highest BCUT2D eigenvalue weighted by molar-refractivity contribution is 5.83. The number of nitrogens with zero attached hydrogens (tertiary/aromatic N) is 2. The van der Waals surface area contributed by atoms with Gasteiger partial charge in [-0.25, -0.2) is 4.79 Å². The molecule has 1 aromatic heterocycles. The fourth-order valence-corrected chi connectivity index (χ4v) is 3.59. The molecule has 2 heterocycles. The number of benzene rings is 1. The van der Waals surface area contributed by atoms with E-state index in [0.29, 0.717) is 16.5 Å². The van der Waals surface area contributed by atoms with Crippen LogP contribution in [0.15, 0.2) is 30.5 Å². The van der Waals surface area contributed by atoms with Crippen LogP contribution < -0.4 is 10.6 Å². The summed E-state index contributed by atoms with van der Waals surface area (Å²) in [4.78, 5) is 28.2. The summed E-state index contributed by atoms with van der Waals surface area (Å²) < 4.78 is 5.42. The van der Waals surface area contributed by atoms with Crippen LogP contribution in [0.25, 0.3) is 10.9 Å². The standard InChI is InChI=1S/C20H26N4O4/c1-20(2,3)28-19(25)23-18(13-6-9-21-10-7-13)15-12-16-14(5-4-8-22-16)11-17(15)24(26)27/h4-5,8,11-13,18,21H,6-7,9-10H2,1-3H3,(H,23,25). The zero-order valence-electron chi connectivity index (χ0n) is 16.4. The van der Waals surface area contributed by atoms with Gasteiger partial charge in [-0.1, -0.05) is 6.07 Å². The van der Waals surface area contributed by atoms with E-state index in [1.54, 1.807) is 45.2 Å². The van der Waals surface area contributed by atoms with Crippen molar-refractivity contribution < 1.29 is 14.5 Å². The number of amides is 1. The number of fused-ring (bicyclic) bond motifs is 1. The molecule has 2 aromatic rings. The Hall–Kier alpha value is -2.74. The number of ether oxygens (including phenoxy) is 1. The fraction of sp³-hybridized carbons (Fsp3) is 0.500. The summed E-state index contributed by atoms with van der Waals surface area (Å²) in [6, 6.07) is 6.26. The average molecular weight is 386 g/mol. The van der Waals surface area contributed by atoms with Crippen molar-refractivity contribution >= 4 is 22.7 Å². The second kappa shape index (κ2) is 8.10. The van der Waals surface area contributed by atoms with Crippen LogP contribution in [0.1, 0.15) is 45.2 Å². The molecule has 0 saturated carbocycles. The average Bonchev–Trinajstić information content (AvgIpc) is 2.64. The number of nitrogens with one attached hydrogen (secondary N) is 2. The smallest absolute Gasteiger partial charge is 0.408 e. The lowest BCUT2D eigenvalue weighted by Crippen LogP contribution is -2.41. The van der Waals surface area contributed by atoms with Crippen LogP contribution in [0.3, 0.4) is 0 Å². The van der Waals surface area contributed by atoms with Gasteiger partial charge in [-0.3, -0.25) is 15.1 Å². The Bertz CT molecular complexity index is 872. The van der Waals surface area contributed by atoms with Crippen LogP contribution in [0.4, 0.5) is 10.5 Å². The van der Waals surface area contributed by atoms with E-state index in [-0.39, 0.29) is 11.6 Å². The molecule has 8 nitrogen and oxygen atoms in total. The second-order valence-electron chi connectivity index (χ2n) is 8.08. The van der Waals surface area contributed by atoms with Crippen molar-refractivity contribution in [2.24, 2.45) is 5.92 Å². The quantitative estimate of drug-likeness (QED) is 0.613. The summed E-state index contributed by atoms with van der Waals surface area (Å²) in [5.41, 5.74) is 0.460. The van der Waals surface area contributed by atoms with Crippen LogP contribution in [0, 0.1) is 16.0 Å². The van der Waals surface area contributed by atoms with Crippen LogP contribution >= 0.6 is 0 Å². The number of hydrogen-bond acceptors (Lipinski definition) is 6. The Morgan fingerprint density at radius 1 is 1.36 bits per heavy atom. The molecule has 1 atom stereocenters. The third-order valence-corrected chi connectivity index (χ3v) is 4.81. The van der Waals surface area contributed by atoms with Gasteiger partial charge in [0, 0.05) is 17.6 Å². The molecule has 1 aliphatic heterocycles. The van der Waals surface area contributed by atoms with Gasteiger partial charge in [0.05, 0.1) is 22.0 Å². The van der Waals surface area contributed by atoms with Crippen molar-refractivity contribution in [2.45, 2.75) is 45.3 Å². The molecule has 1 fully saturated rings. The molecule has 3 rings (SSSR count). The summed E-state index contributed by atoms with van der Waals surface area (Å²) in [6.07, 6.45) is 2.68. The van der Waals surface area contributed by atoms with Crippen molar-refractivity contribution in [3.05, 3.63) is 46.1 Å². The van der Waals surface area contributed by atoms with Gasteiger partial charge in [0.1, 0.15) is 5.60 Å². The summed E-state index contributed by atoms with van der Waals surface area (Å²) in [6.45, 7) is 6.96. The number of carbonyl (C=O) groups excluding carboxylic acids is 1. The molecule has 28 heavy (non-hydrogen) atoms. The highest BCUT2D eigenvalue weighted by Crippen LogP contribution is 2.36. The first-order chi connectivity index (χ1) is 13.2. The van der Waals surface area contributed by atoms with Crippen LogP contribution in [0.2, 0.25) is 0 Å². The minimum absolute atomic E-state index is 0.0138. The molecule has 1 aromatic carbocycles. The molecule has 1 unspecified atom stereocenters. The zero-order valence-corrected chi connectivity index (χ0v) is 16.4. The molecule has 150 valence electrons. The van der Waals surface area contributed by atoms with Crippen molar-refractivity contribution in [1.29, 1.82) is 0 Å². The first-order valence-electron chi connectivity index (χ1n) is 9.48. The number of nitro benzene ring substituents is 1. The predicted octanol–water partition coefficient (Wildman–Crippen LogP) is 3.71. The number of pyridine rings is 1. The number of rotatable bonds is 4. The summed E-state index contributed by atoms with van der Waals surface area (Å²) >= 11 is 0. The maximum absolute atomic E-state index is 12.5. The summed E-state index contributed by atoms with van der Waals surface area (Å²) in [5, 5.41) is 18.7. The normalized spacial score (nSPS) is 16.5. The Balaban J connectivity index is 2.04. The molecule has 2 N–H and O–H groups in total. The molecule has 1 amide bonds. The van der Waals surface area contributed by atoms with E-state index in [0.717, 1.165) is 25.9 Å². The molecule has 8 heteroatoms. The molecule has 1 saturated heterocycles. The molecule has 0 bridgehead atoms. The molecule has 1 aliphatic rings. The largest absolute Gasteiger partial charge is 0.444 e. The van der Waals surface area contributed by atoms with Gasteiger partial charge in [-0.2, -0.15) is 0 Å². The summed E-state index contributed by atoms with van der Waals surface area (Å²) in [5.74, 6) is 0.0635. The van der Waals surface area contributed by atoms with Crippen molar-refractivity contribution in [1.82, 2.24) is 15.6 Å². The van der Waals surface area contributed by atoms with Gasteiger partial charge in [-0.15, -0.1) is 0 Å². The number of piperidine rings is 1. The predicted molar refractivity (Wildman–Crippen MR) is 106 cm³/mol. The van der Waals surface area contributed by atoms with E-state index in [1.807, 2.05) is 0 Å². The Morgan fingerprint density at radius 3 is 2.71 bits per heavy atom. The number of aromatic nitrogens is 1. The Labute approximate surface area is 163 Å². The van der Waals surface area contributed by atoms with Gasteiger partial charge in [-0.05, 0) is 64.8 Å². The summed E-state index contributed by atoms with van der Waals surface area (Å²) in [7, 11) is 0. The van der Waals surface area contributed by atoms with E-state index < -0.39 is 22.7 Å². The highest BCUT2D eigenvalue weighted by Gasteiger charge is 2.33. The third kappa shape index (κ3) is 4.75. The number of carbonyl (C=O) groups is 1.